The van der Waals surface area contributed by atoms with Gasteiger partial charge in [0.2, 0.25) is 0 Å². The Kier molecular flexibility index (Phi) is 12.0. The number of ether oxygens (including phenoxy) is 1. The highest BCUT2D eigenvalue weighted by atomic mass is 16.5. The van der Waals surface area contributed by atoms with Gasteiger partial charge in [-0.25, -0.2) is 0 Å². The minimum absolute atomic E-state index is 0.880. The lowest BCUT2D eigenvalue weighted by Crippen LogP contribution is -2.25. The molecule has 0 atom stereocenters. The van der Waals surface area contributed by atoms with Gasteiger partial charge in [-0.3, -0.25) is 0 Å². The van der Waals surface area contributed by atoms with Crippen LogP contribution in [0.15, 0.2) is 0 Å². The molecule has 0 aromatic heterocycles. The van der Waals surface area contributed by atoms with Crippen molar-refractivity contribution in [2.75, 3.05) is 13.2 Å². The Hall–Kier alpha value is -0.0400. The summed E-state index contributed by atoms with van der Waals surface area (Å²) in [4.78, 5) is 0. The van der Waals surface area contributed by atoms with Gasteiger partial charge in [-0.2, -0.15) is 0 Å². The molecular weight excluding hydrogens is 316 g/mol. The van der Waals surface area contributed by atoms with Gasteiger partial charge in [-0.15, -0.1) is 0 Å². The van der Waals surface area contributed by atoms with Crippen molar-refractivity contribution in [2.45, 2.75) is 123 Å². The van der Waals surface area contributed by atoms with Crippen molar-refractivity contribution in [3.05, 3.63) is 0 Å². The summed E-state index contributed by atoms with van der Waals surface area (Å²) in [5.74, 6) is 4.31. The summed E-state index contributed by atoms with van der Waals surface area (Å²) in [6, 6.07) is 0. The fraction of sp³-hybridized carbons (Fsp3) is 1.00. The second-order valence-electron chi connectivity index (χ2n) is 9.46. The third-order valence-corrected chi connectivity index (χ3v) is 7.52. The number of hydrogen-bond acceptors (Lipinski definition) is 1. The van der Waals surface area contributed by atoms with Crippen LogP contribution in [0.4, 0.5) is 0 Å². The van der Waals surface area contributed by atoms with Crippen LogP contribution in [0.3, 0.4) is 0 Å². The summed E-state index contributed by atoms with van der Waals surface area (Å²) < 4.78 is 5.45. The maximum atomic E-state index is 5.45. The Morgan fingerprint density at radius 2 is 1.08 bits per heavy atom. The van der Waals surface area contributed by atoms with E-state index in [1.807, 2.05) is 0 Å². The van der Waals surface area contributed by atoms with E-state index in [1.165, 1.54) is 70.6 Å². The van der Waals surface area contributed by atoms with E-state index in [9.17, 15) is 0 Å². The van der Waals surface area contributed by atoms with E-state index in [1.54, 1.807) is 38.5 Å². The monoisotopic (exact) mass is 364 g/mol. The van der Waals surface area contributed by atoms with Crippen molar-refractivity contribution in [2.24, 2.45) is 23.7 Å². The fourth-order valence-electron chi connectivity index (χ4n) is 5.71. The molecule has 0 saturated heterocycles. The largest absolute Gasteiger partial charge is 0.382 e. The summed E-state index contributed by atoms with van der Waals surface area (Å²) in [7, 11) is 0. The molecule has 0 aromatic rings. The van der Waals surface area contributed by atoms with Crippen molar-refractivity contribution < 1.29 is 4.74 Å². The molecule has 0 aromatic carbocycles. The first kappa shape index (κ1) is 22.3. The van der Waals surface area contributed by atoms with Gasteiger partial charge in [0, 0.05) is 13.2 Å². The van der Waals surface area contributed by atoms with E-state index in [0.29, 0.717) is 0 Å². The Balaban J connectivity index is 1.49. The molecule has 2 saturated carbocycles. The van der Waals surface area contributed by atoms with Gasteiger partial charge in [0.25, 0.3) is 0 Å². The zero-order valence-electron chi connectivity index (χ0n) is 18.2. The topological polar surface area (TPSA) is 9.23 Å². The van der Waals surface area contributed by atoms with E-state index in [-0.39, 0.29) is 0 Å². The molecule has 1 nitrogen and oxygen atoms in total. The Labute approximate surface area is 165 Å². The maximum Gasteiger partial charge on any atom is 0.0465 e. The summed E-state index contributed by atoms with van der Waals surface area (Å²) in [6.07, 6.45) is 25.3. The second kappa shape index (κ2) is 14.0. The van der Waals surface area contributed by atoms with Crippen molar-refractivity contribution in [3.8, 4) is 0 Å². The average Bonchev–Trinajstić information content (AvgIpc) is 2.69. The standard InChI is InChI=1S/C25H48O/c1-3-5-6-8-11-22-13-17-24(18-14-22)25-19-15-23(16-20-25)12-9-7-10-21-26-4-2/h22-25H,3-21H2,1-2H3. The lowest BCUT2D eigenvalue weighted by molar-refractivity contribution is 0.135. The smallest absolute Gasteiger partial charge is 0.0465 e. The molecule has 2 rings (SSSR count). The van der Waals surface area contributed by atoms with Gasteiger partial charge < -0.3 is 4.74 Å². The molecule has 26 heavy (non-hydrogen) atoms. The van der Waals surface area contributed by atoms with E-state index in [4.69, 9.17) is 4.74 Å². The molecule has 0 radical (unpaired) electrons. The SMILES string of the molecule is CCCCCCC1CCC(C2CCC(CCCCCOCC)CC2)CC1. The third-order valence-electron chi connectivity index (χ3n) is 7.52. The normalized spacial score (nSPS) is 29.8. The van der Waals surface area contributed by atoms with Crippen LogP contribution in [0.2, 0.25) is 0 Å². The minimum Gasteiger partial charge on any atom is -0.382 e. The molecule has 0 amide bonds. The average molecular weight is 365 g/mol. The summed E-state index contributed by atoms with van der Waals surface area (Å²) in [5.41, 5.74) is 0. The number of unbranched alkanes of at least 4 members (excludes halogenated alkanes) is 5. The highest BCUT2D eigenvalue weighted by Crippen LogP contribution is 2.43. The van der Waals surface area contributed by atoms with Crippen LogP contribution in [0.1, 0.15) is 123 Å². The number of rotatable bonds is 13. The van der Waals surface area contributed by atoms with Gasteiger partial charge >= 0.3 is 0 Å². The fourth-order valence-corrected chi connectivity index (χ4v) is 5.71. The molecule has 0 heterocycles. The van der Waals surface area contributed by atoms with E-state index in [2.05, 4.69) is 13.8 Å². The molecule has 2 aliphatic rings. The van der Waals surface area contributed by atoms with Crippen molar-refractivity contribution in [1.29, 1.82) is 0 Å². The highest BCUT2D eigenvalue weighted by Gasteiger charge is 2.30. The highest BCUT2D eigenvalue weighted by molar-refractivity contribution is 4.82. The van der Waals surface area contributed by atoms with E-state index >= 15 is 0 Å². The van der Waals surface area contributed by atoms with Crippen LogP contribution in [0.5, 0.6) is 0 Å². The zero-order valence-corrected chi connectivity index (χ0v) is 18.2. The molecule has 0 unspecified atom stereocenters. The van der Waals surface area contributed by atoms with E-state index in [0.717, 1.165) is 36.9 Å². The molecule has 0 bridgehead atoms. The van der Waals surface area contributed by atoms with Gasteiger partial charge in [0.05, 0.1) is 0 Å². The first-order valence-electron chi connectivity index (χ1n) is 12.4. The van der Waals surface area contributed by atoms with Crippen molar-refractivity contribution >= 4 is 0 Å². The maximum absolute atomic E-state index is 5.45. The first-order chi connectivity index (χ1) is 12.8. The summed E-state index contributed by atoms with van der Waals surface area (Å²) in [5, 5.41) is 0. The number of hydrogen-bond donors (Lipinski definition) is 0. The molecule has 2 aliphatic carbocycles. The van der Waals surface area contributed by atoms with E-state index < -0.39 is 0 Å². The molecule has 0 N–H and O–H groups in total. The van der Waals surface area contributed by atoms with Crippen molar-refractivity contribution in [1.82, 2.24) is 0 Å². The molecule has 0 aliphatic heterocycles. The first-order valence-corrected chi connectivity index (χ1v) is 12.4. The second-order valence-corrected chi connectivity index (χ2v) is 9.46. The molecular formula is C25H48O. The van der Waals surface area contributed by atoms with Crippen LogP contribution in [0.25, 0.3) is 0 Å². The van der Waals surface area contributed by atoms with Crippen LogP contribution in [0, 0.1) is 23.7 Å². The van der Waals surface area contributed by atoms with Crippen LogP contribution in [-0.4, -0.2) is 13.2 Å². The predicted octanol–water partition coefficient (Wildman–Crippen LogP) is 8.17. The predicted molar refractivity (Wildman–Crippen MR) is 115 cm³/mol. The summed E-state index contributed by atoms with van der Waals surface area (Å²) in [6.45, 7) is 6.27. The third kappa shape index (κ3) is 8.77. The molecule has 2 fully saturated rings. The Bertz CT molecular complexity index is 310. The summed E-state index contributed by atoms with van der Waals surface area (Å²) >= 11 is 0. The van der Waals surface area contributed by atoms with Gasteiger partial charge in [-0.1, -0.05) is 84.0 Å². The van der Waals surface area contributed by atoms with Gasteiger partial charge in [0.1, 0.15) is 0 Å². The van der Waals surface area contributed by atoms with Crippen LogP contribution < -0.4 is 0 Å². The minimum atomic E-state index is 0.880. The van der Waals surface area contributed by atoms with Gasteiger partial charge in [0.15, 0.2) is 0 Å². The van der Waals surface area contributed by atoms with Gasteiger partial charge in [-0.05, 0) is 62.7 Å². The molecule has 1 heteroatoms. The Morgan fingerprint density at radius 1 is 0.577 bits per heavy atom. The zero-order chi connectivity index (χ0) is 18.5. The molecule has 0 spiro atoms. The van der Waals surface area contributed by atoms with Crippen LogP contribution >= 0.6 is 0 Å². The van der Waals surface area contributed by atoms with Crippen molar-refractivity contribution in [3.63, 3.8) is 0 Å². The Morgan fingerprint density at radius 3 is 1.54 bits per heavy atom. The quantitative estimate of drug-likeness (QED) is 0.299. The lowest BCUT2D eigenvalue weighted by Gasteiger charge is -2.38. The van der Waals surface area contributed by atoms with Crippen LogP contribution in [-0.2, 0) is 4.74 Å². The lowest BCUT2D eigenvalue weighted by atomic mass is 9.68. The molecule has 154 valence electrons.